The second-order valence-electron chi connectivity index (χ2n) is 2.55. The highest BCUT2D eigenvalue weighted by Crippen LogP contribution is 2.25. The summed E-state index contributed by atoms with van der Waals surface area (Å²) in [4.78, 5) is 10.8. The van der Waals surface area contributed by atoms with Gasteiger partial charge >= 0.3 is 0 Å². The predicted molar refractivity (Wildman–Crippen MR) is 55.3 cm³/mol. The summed E-state index contributed by atoms with van der Waals surface area (Å²) in [5, 5.41) is 0.439. The number of amides is 1. The normalized spacial score (nSPS) is 12.5. The molecule has 0 aliphatic heterocycles. The van der Waals surface area contributed by atoms with Crippen LogP contribution in [0, 0.1) is 0 Å². The van der Waals surface area contributed by atoms with Gasteiger partial charge in [-0.05, 0) is 23.8 Å². The Balaban J connectivity index is 3.12. The minimum atomic E-state index is -0.856. The van der Waals surface area contributed by atoms with E-state index in [9.17, 15) is 4.79 Å². The van der Waals surface area contributed by atoms with E-state index in [4.69, 9.17) is 23.1 Å². The van der Waals surface area contributed by atoms with Gasteiger partial charge < -0.3 is 11.5 Å². The summed E-state index contributed by atoms with van der Waals surface area (Å²) in [6.45, 7) is 0. The molecule has 0 saturated heterocycles. The average molecular weight is 264 g/mol. The molecule has 0 aromatic heterocycles. The molecule has 0 heterocycles. The van der Waals surface area contributed by atoms with Gasteiger partial charge in [-0.15, -0.1) is 0 Å². The van der Waals surface area contributed by atoms with Crippen molar-refractivity contribution >= 4 is 33.4 Å². The zero-order chi connectivity index (χ0) is 10.0. The molecular formula is C8H8BrClN2O. The Bertz CT molecular complexity index is 343. The van der Waals surface area contributed by atoms with Crippen LogP contribution in [0.3, 0.4) is 0 Å². The third kappa shape index (κ3) is 2.43. The molecule has 0 saturated carbocycles. The van der Waals surface area contributed by atoms with Crippen LogP contribution in [-0.4, -0.2) is 5.91 Å². The van der Waals surface area contributed by atoms with Gasteiger partial charge in [0.25, 0.3) is 0 Å². The molecule has 1 aromatic rings. The zero-order valence-electron chi connectivity index (χ0n) is 6.63. The SMILES string of the molecule is NC(=O)C(N)c1cc(Br)ccc1Cl. The van der Waals surface area contributed by atoms with Crippen molar-refractivity contribution in [3.63, 3.8) is 0 Å². The summed E-state index contributed by atoms with van der Waals surface area (Å²) < 4.78 is 0.809. The maximum Gasteiger partial charge on any atom is 0.238 e. The molecule has 13 heavy (non-hydrogen) atoms. The Hall–Kier alpha value is -0.580. The van der Waals surface area contributed by atoms with Crippen molar-refractivity contribution in [3.8, 4) is 0 Å². The van der Waals surface area contributed by atoms with Crippen LogP contribution < -0.4 is 11.5 Å². The molecule has 5 heteroatoms. The van der Waals surface area contributed by atoms with Crippen LogP contribution in [0.2, 0.25) is 5.02 Å². The molecule has 4 N–H and O–H groups in total. The van der Waals surface area contributed by atoms with Crippen molar-refractivity contribution in [1.29, 1.82) is 0 Å². The maximum atomic E-state index is 10.8. The monoisotopic (exact) mass is 262 g/mol. The molecule has 0 spiro atoms. The Morgan fingerprint density at radius 1 is 1.54 bits per heavy atom. The van der Waals surface area contributed by atoms with Gasteiger partial charge in [-0.25, -0.2) is 0 Å². The van der Waals surface area contributed by atoms with Crippen LogP contribution in [0.15, 0.2) is 22.7 Å². The molecule has 0 radical (unpaired) electrons. The fourth-order valence-corrected chi connectivity index (χ4v) is 1.52. The number of primary amides is 1. The van der Waals surface area contributed by atoms with Crippen molar-refractivity contribution in [1.82, 2.24) is 0 Å². The first-order chi connectivity index (χ1) is 6.02. The fraction of sp³-hybridized carbons (Fsp3) is 0.125. The number of carbonyl (C=O) groups excluding carboxylic acids is 1. The van der Waals surface area contributed by atoms with Crippen LogP contribution >= 0.6 is 27.5 Å². The van der Waals surface area contributed by atoms with Gasteiger partial charge in [0.1, 0.15) is 6.04 Å². The molecule has 0 aliphatic carbocycles. The number of halogens is 2. The lowest BCUT2D eigenvalue weighted by molar-refractivity contribution is -0.119. The van der Waals surface area contributed by atoms with Crippen molar-refractivity contribution < 1.29 is 4.79 Å². The van der Waals surface area contributed by atoms with Crippen LogP contribution in [-0.2, 0) is 4.79 Å². The summed E-state index contributed by atoms with van der Waals surface area (Å²) in [6, 6.07) is 4.24. The second-order valence-corrected chi connectivity index (χ2v) is 3.87. The van der Waals surface area contributed by atoms with Crippen LogP contribution in [0.25, 0.3) is 0 Å². The third-order valence-electron chi connectivity index (χ3n) is 1.60. The summed E-state index contributed by atoms with van der Waals surface area (Å²) in [5.74, 6) is -0.597. The second kappa shape index (κ2) is 4.09. The van der Waals surface area contributed by atoms with Crippen molar-refractivity contribution in [2.75, 3.05) is 0 Å². The Morgan fingerprint density at radius 2 is 2.15 bits per heavy atom. The third-order valence-corrected chi connectivity index (χ3v) is 2.44. The van der Waals surface area contributed by atoms with E-state index >= 15 is 0 Å². The topological polar surface area (TPSA) is 69.1 Å². The first-order valence-corrected chi connectivity index (χ1v) is 4.69. The lowest BCUT2D eigenvalue weighted by Gasteiger charge is -2.09. The van der Waals surface area contributed by atoms with Crippen LogP contribution in [0.4, 0.5) is 0 Å². The smallest absolute Gasteiger partial charge is 0.238 e. The minimum absolute atomic E-state index is 0.439. The lowest BCUT2D eigenvalue weighted by atomic mass is 10.1. The predicted octanol–water partition coefficient (Wildman–Crippen LogP) is 1.59. The number of rotatable bonds is 2. The molecule has 1 unspecified atom stereocenters. The van der Waals surface area contributed by atoms with E-state index in [0.29, 0.717) is 10.6 Å². The number of hydrogen-bond donors (Lipinski definition) is 2. The molecule has 1 atom stereocenters. The molecule has 70 valence electrons. The standard InChI is InChI=1S/C8H8BrClN2O/c9-4-1-2-6(10)5(3-4)7(11)8(12)13/h1-3,7H,11H2,(H2,12,13). The van der Waals surface area contributed by atoms with Gasteiger partial charge in [0, 0.05) is 9.50 Å². The molecular weight excluding hydrogens is 255 g/mol. The first kappa shape index (κ1) is 10.5. The van der Waals surface area contributed by atoms with Gasteiger partial charge in [-0.1, -0.05) is 27.5 Å². The minimum Gasteiger partial charge on any atom is -0.368 e. The highest BCUT2D eigenvalue weighted by Gasteiger charge is 2.15. The number of carbonyl (C=O) groups is 1. The van der Waals surface area contributed by atoms with Gasteiger partial charge in [-0.3, -0.25) is 4.79 Å². The van der Waals surface area contributed by atoms with Crippen LogP contribution in [0.5, 0.6) is 0 Å². The summed E-state index contributed by atoms with van der Waals surface area (Å²) in [5.41, 5.74) is 11.1. The van der Waals surface area contributed by atoms with Crippen LogP contribution in [0.1, 0.15) is 11.6 Å². The molecule has 1 rings (SSSR count). The highest BCUT2D eigenvalue weighted by molar-refractivity contribution is 9.10. The highest BCUT2D eigenvalue weighted by atomic mass is 79.9. The van der Waals surface area contributed by atoms with E-state index in [1.807, 2.05) is 0 Å². The number of nitrogens with two attached hydrogens (primary N) is 2. The lowest BCUT2D eigenvalue weighted by Crippen LogP contribution is -2.28. The summed E-state index contributed by atoms with van der Waals surface area (Å²) in [7, 11) is 0. The van der Waals surface area contributed by atoms with Crippen molar-refractivity contribution in [2.24, 2.45) is 11.5 Å². The quantitative estimate of drug-likeness (QED) is 0.851. The van der Waals surface area contributed by atoms with Gasteiger partial charge in [0.15, 0.2) is 0 Å². The molecule has 0 fully saturated rings. The van der Waals surface area contributed by atoms with E-state index < -0.39 is 11.9 Å². The Labute approximate surface area is 89.2 Å². The molecule has 0 bridgehead atoms. The van der Waals surface area contributed by atoms with E-state index in [2.05, 4.69) is 15.9 Å². The summed E-state index contributed by atoms with van der Waals surface area (Å²) in [6.07, 6.45) is 0. The van der Waals surface area contributed by atoms with Crippen molar-refractivity contribution in [3.05, 3.63) is 33.3 Å². The van der Waals surface area contributed by atoms with E-state index in [-0.39, 0.29) is 0 Å². The molecule has 1 amide bonds. The van der Waals surface area contributed by atoms with Gasteiger partial charge in [-0.2, -0.15) is 0 Å². The Morgan fingerprint density at radius 3 is 2.69 bits per heavy atom. The van der Waals surface area contributed by atoms with E-state index in [1.165, 1.54) is 0 Å². The van der Waals surface area contributed by atoms with E-state index in [0.717, 1.165) is 4.47 Å². The zero-order valence-corrected chi connectivity index (χ0v) is 8.97. The maximum absolute atomic E-state index is 10.8. The molecule has 3 nitrogen and oxygen atoms in total. The van der Waals surface area contributed by atoms with Gasteiger partial charge in [0.2, 0.25) is 5.91 Å². The number of benzene rings is 1. The number of hydrogen-bond acceptors (Lipinski definition) is 2. The van der Waals surface area contributed by atoms with Crippen molar-refractivity contribution in [2.45, 2.75) is 6.04 Å². The average Bonchev–Trinajstić information content (AvgIpc) is 2.08. The first-order valence-electron chi connectivity index (χ1n) is 3.52. The molecule has 0 aliphatic rings. The van der Waals surface area contributed by atoms with E-state index in [1.54, 1.807) is 18.2 Å². The molecule has 1 aromatic carbocycles. The largest absolute Gasteiger partial charge is 0.368 e. The van der Waals surface area contributed by atoms with Gasteiger partial charge in [0.05, 0.1) is 0 Å². The Kier molecular flexibility index (Phi) is 3.30. The summed E-state index contributed by atoms with van der Waals surface area (Å²) >= 11 is 9.07. The fourth-order valence-electron chi connectivity index (χ4n) is 0.906.